The van der Waals surface area contributed by atoms with Gasteiger partial charge in [-0.15, -0.1) is 0 Å². The molecular formula is C13H13NO2. The molecule has 0 atom stereocenters. The highest BCUT2D eigenvalue weighted by atomic mass is 16.5. The molecule has 2 aromatic rings. The first-order valence-corrected chi connectivity index (χ1v) is 5.24. The van der Waals surface area contributed by atoms with Gasteiger partial charge in [-0.3, -0.25) is 0 Å². The Labute approximate surface area is 94.0 Å². The Kier molecular flexibility index (Phi) is 3.05. The van der Waals surface area contributed by atoms with Crippen molar-refractivity contribution in [3.8, 4) is 5.75 Å². The maximum atomic E-state index is 11.2. The van der Waals surface area contributed by atoms with Crippen LogP contribution in [0.1, 0.15) is 6.92 Å². The van der Waals surface area contributed by atoms with Crippen LogP contribution in [0.2, 0.25) is 0 Å². The molecule has 0 spiro atoms. The van der Waals surface area contributed by atoms with Gasteiger partial charge in [-0.05, 0) is 29.8 Å². The van der Waals surface area contributed by atoms with E-state index in [1.54, 1.807) is 6.07 Å². The summed E-state index contributed by atoms with van der Waals surface area (Å²) >= 11 is 0. The van der Waals surface area contributed by atoms with Crippen molar-refractivity contribution in [2.75, 3.05) is 6.54 Å². The number of rotatable bonds is 2. The molecule has 0 heterocycles. The molecule has 16 heavy (non-hydrogen) atoms. The third-order valence-corrected chi connectivity index (χ3v) is 2.25. The first-order valence-electron chi connectivity index (χ1n) is 5.24. The molecule has 0 aliphatic rings. The van der Waals surface area contributed by atoms with E-state index < -0.39 is 6.09 Å². The van der Waals surface area contributed by atoms with Crippen LogP contribution in [0.5, 0.6) is 5.75 Å². The number of carbonyl (C=O) groups is 1. The Morgan fingerprint density at radius 1 is 1.19 bits per heavy atom. The SMILES string of the molecule is CCNC(=O)Oc1ccc2ccccc2c1. The average molecular weight is 215 g/mol. The molecule has 82 valence electrons. The van der Waals surface area contributed by atoms with Gasteiger partial charge in [0.05, 0.1) is 0 Å². The quantitative estimate of drug-likeness (QED) is 0.836. The molecule has 2 rings (SSSR count). The summed E-state index contributed by atoms with van der Waals surface area (Å²) in [6.07, 6.45) is -0.419. The molecule has 0 aliphatic carbocycles. The Hall–Kier alpha value is -2.03. The van der Waals surface area contributed by atoms with Crippen molar-refractivity contribution in [1.29, 1.82) is 0 Å². The molecule has 0 aromatic heterocycles. The fraction of sp³-hybridized carbons (Fsp3) is 0.154. The van der Waals surface area contributed by atoms with Crippen LogP contribution in [0.25, 0.3) is 10.8 Å². The Morgan fingerprint density at radius 3 is 2.69 bits per heavy atom. The summed E-state index contributed by atoms with van der Waals surface area (Å²) in [7, 11) is 0. The van der Waals surface area contributed by atoms with Gasteiger partial charge in [0.1, 0.15) is 5.75 Å². The minimum absolute atomic E-state index is 0.419. The molecule has 0 saturated heterocycles. The molecule has 0 unspecified atom stereocenters. The Morgan fingerprint density at radius 2 is 1.94 bits per heavy atom. The lowest BCUT2D eigenvalue weighted by Crippen LogP contribution is -2.26. The molecule has 3 nitrogen and oxygen atoms in total. The van der Waals surface area contributed by atoms with Crippen molar-refractivity contribution < 1.29 is 9.53 Å². The second-order valence-electron chi connectivity index (χ2n) is 3.43. The van der Waals surface area contributed by atoms with Gasteiger partial charge in [-0.2, -0.15) is 0 Å². The molecule has 1 N–H and O–H groups in total. The minimum atomic E-state index is -0.419. The maximum absolute atomic E-state index is 11.2. The molecule has 0 radical (unpaired) electrons. The summed E-state index contributed by atoms with van der Waals surface area (Å²) in [5, 5.41) is 4.77. The summed E-state index contributed by atoms with van der Waals surface area (Å²) in [5.74, 6) is 0.560. The van der Waals surface area contributed by atoms with Crippen molar-refractivity contribution in [2.45, 2.75) is 6.92 Å². The van der Waals surface area contributed by atoms with Crippen molar-refractivity contribution in [1.82, 2.24) is 5.32 Å². The number of hydrogen-bond acceptors (Lipinski definition) is 2. The number of benzene rings is 2. The van der Waals surface area contributed by atoms with Gasteiger partial charge >= 0.3 is 6.09 Å². The van der Waals surface area contributed by atoms with E-state index in [1.165, 1.54) is 0 Å². The lowest BCUT2D eigenvalue weighted by atomic mass is 10.1. The number of ether oxygens (including phenoxy) is 1. The summed E-state index contributed by atoms with van der Waals surface area (Å²) in [5.41, 5.74) is 0. The van der Waals surface area contributed by atoms with Crippen LogP contribution in [0.15, 0.2) is 42.5 Å². The van der Waals surface area contributed by atoms with Crippen LogP contribution in [-0.4, -0.2) is 12.6 Å². The third kappa shape index (κ3) is 2.31. The second-order valence-corrected chi connectivity index (χ2v) is 3.43. The minimum Gasteiger partial charge on any atom is -0.410 e. The summed E-state index contributed by atoms with van der Waals surface area (Å²) in [4.78, 5) is 11.2. The lowest BCUT2D eigenvalue weighted by Gasteiger charge is -2.05. The first-order chi connectivity index (χ1) is 7.79. The molecule has 1 amide bonds. The molecule has 0 fully saturated rings. The van der Waals surface area contributed by atoms with E-state index in [-0.39, 0.29) is 0 Å². The van der Waals surface area contributed by atoms with Crippen LogP contribution in [-0.2, 0) is 0 Å². The zero-order chi connectivity index (χ0) is 11.4. The predicted octanol–water partition coefficient (Wildman–Crippen LogP) is 2.95. The maximum Gasteiger partial charge on any atom is 0.412 e. The van der Waals surface area contributed by atoms with Gasteiger partial charge in [0.25, 0.3) is 0 Å². The van der Waals surface area contributed by atoms with Crippen LogP contribution < -0.4 is 10.1 Å². The van der Waals surface area contributed by atoms with E-state index in [1.807, 2.05) is 43.3 Å². The molecule has 0 aliphatic heterocycles. The van der Waals surface area contributed by atoms with Crippen LogP contribution in [0.4, 0.5) is 4.79 Å². The van der Waals surface area contributed by atoms with Crippen molar-refractivity contribution in [3.05, 3.63) is 42.5 Å². The number of hydrogen-bond donors (Lipinski definition) is 1. The summed E-state index contributed by atoms with van der Waals surface area (Å²) in [6.45, 7) is 2.41. The normalized spacial score (nSPS) is 10.1. The van der Waals surface area contributed by atoms with E-state index >= 15 is 0 Å². The Bertz CT molecular complexity index is 508. The lowest BCUT2D eigenvalue weighted by molar-refractivity contribution is 0.201. The monoisotopic (exact) mass is 215 g/mol. The van der Waals surface area contributed by atoms with E-state index in [9.17, 15) is 4.79 Å². The fourth-order valence-electron chi connectivity index (χ4n) is 1.52. The van der Waals surface area contributed by atoms with E-state index in [2.05, 4.69) is 5.32 Å². The van der Waals surface area contributed by atoms with Crippen molar-refractivity contribution >= 4 is 16.9 Å². The van der Waals surface area contributed by atoms with Gasteiger partial charge in [0.15, 0.2) is 0 Å². The number of amides is 1. The van der Waals surface area contributed by atoms with Gasteiger partial charge in [-0.25, -0.2) is 4.79 Å². The zero-order valence-corrected chi connectivity index (χ0v) is 9.07. The predicted molar refractivity (Wildman–Crippen MR) is 63.6 cm³/mol. The van der Waals surface area contributed by atoms with Crippen molar-refractivity contribution in [3.63, 3.8) is 0 Å². The molecule has 2 aromatic carbocycles. The highest BCUT2D eigenvalue weighted by molar-refractivity contribution is 5.84. The topological polar surface area (TPSA) is 38.3 Å². The smallest absolute Gasteiger partial charge is 0.410 e. The first kappa shape index (κ1) is 10.5. The van der Waals surface area contributed by atoms with Crippen molar-refractivity contribution in [2.24, 2.45) is 0 Å². The average Bonchev–Trinajstić information content (AvgIpc) is 2.29. The molecule has 0 saturated carbocycles. The standard InChI is InChI=1S/C13H13NO2/c1-2-14-13(15)16-12-8-7-10-5-3-4-6-11(10)9-12/h3-9H,2H2,1H3,(H,14,15). The van der Waals surface area contributed by atoms with Gasteiger partial charge in [0, 0.05) is 6.54 Å². The number of nitrogens with one attached hydrogen (secondary N) is 1. The Balaban J connectivity index is 2.22. The highest BCUT2D eigenvalue weighted by Gasteiger charge is 2.02. The van der Waals surface area contributed by atoms with E-state index in [0.717, 1.165) is 10.8 Å². The number of carbonyl (C=O) groups excluding carboxylic acids is 1. The van der Waals surface area contributed by atoms with Gasteiger partial charge in [0.2, 0.25) is 0 Å². The van der Waals surface area contributed by atoms with Crippen LogP contribution in [0, 0.1) is 0 Å². The molecule has 0 bridgehead atoms. The van der Waals surface area contributed by atoms with Crippen LogP contribution >= 0.6 is 0 Å². The van der Waals surface area contributed by atoms with E-state index in [0.29, 0.717) is 12.3 Å². The number of fused-ring (bicyclic) bond motifs is 1. The van der Waals surface area contributed by atoms with E-state index in [4.69, 9.17) is 4.74 Å². The van der Waals surface area contributed by atoms with Gasteiger partial charge in [-0.1, -0.05) is 30.3 Å². The zero-order valence-electron chi connectivity index (χ0n) is 9.07. The second kappa shape index (κ2) is 4.66. The summed E-state index contributed by atoms with van der Waals surface area (Å²) < 4.78 is 5.11. The highest BCUT2D eigenvalue weighted by Crippen LogP contribution is 2.20. The molecule has 3 heteroatoms. The van der Waals surface area contributed by atoms with Gasteiger partial charge < -0.3 is 10.1 Å². The largest absolute Gasteiger partial charge is 0.412 e. The van der Waals surface area contributed by atoms with Crippen LogP contribution in [0.3, 0.4) is 0 Å². The third-order valence-electron chi connectivity index (χ3n) is 2.25. The molecular weight excluding hydrogens is 202 g/mol. The summed E-state index contributed by atoms with van der Waals surface area (Å²) in [6, 6.07) is 13.5. The fourth-order valence-corrected chi connectivity index (χ4v) is 1.52.